The van der Waals surface area contributed by atoms with Gasteiger partial charge in [-0.25, -0.2) is 0 Å². The number of carbonyl (C=O) groups is 2. The maximum absolute atomic E-state index is 12.7. The molecule has 1 saturated carbocycles. The van der Waals surface area contributed by atoms with Gasteiger partial charge in [0.2, 0.25) is 5.91 Å². The van der Waals surface area contributed by atoms with E-state index in [1.165, 1.54) is 24.2 Å². The molecule has 2 amide bonds. The summed E-state index contributed by atoms with van der Waals surface area (Å²) in [5.74, 6) is -0.305. The monoisotopic (exact) mass is 292 g/mol. The average molecular weight is 292 g/mol. The minimum Gasteiger partial charge on any atom is -0.368 e. The standard InChI is InChI=1S/C15H24N4O2/c1-10(2)19(9-13(16)20)15(21)12-8-17-18-14(12)11-6-4-3-5-7-11/h8,10-11H,3-7,9H2,1-2H3,(H2,16,20)(H,17,18). The molecule has 6 nitrogen and oxygen atoms in total. The molecule has 0 aromatic carbocycles. The highest BCUT2D eigenvalue weighted by atomic mass is 16.2. The van der Waals surface area contributed by atoms with Crippen molar-refractivity contribution in [3.05, 3.63) is 17.5 Å². The lowest BCUT2D eigenvalue weighted by molar-refractivity contribution is -0.119. The molecule has 0 aliphatic heterocycles. The van der Waals surface area contributed by atoms with Crippen molar-refractivity contribution in [1.82, 2.24) is 15.1 Å². The molecule has 0 saturated heterocycles. The van der Waals surface area contributed by atoms with Crippen molar-refractivity contribution >= 4 is 11.8 Å². The quantitative estimate of drug-likeness (QED) is 0.866. The van der Waals surface area contributed by atoms with Crippen molar-refractivity contribution in [3.8, 4) is 0 Å². The van der Waals surface area contributed by atoms with Gasteiger partial charge in [-0.3, -0.25) is 14.7 Å². The normalized spacial score (nSPS) is 16.1. The predicted molar refractivity (Wildman–Crippen MR) is 79.8 cm³/mol. The second-order valence-electron chi connectivity index (χ2n) is 6.03. The Morgan fingerprint density at radius 2 is 2.05 bits per heavy atom. The summed E-state index contributed by atoms with van der Waals surface area (Å²) in [4.78, 5) is 25.4. The SMILES string of the molecule is CC(C)N(CC(N)=O)C(=O)c1cn[nH]c1C1CCCCC1. The van der Waals surface area contributed by atoms with Crippen LogP contribution in [0.25, 0.3) is 0 Å². The molecule has 116 valence electrons. The van der Waals surface area contributed by atoms with E-state index in [1.54, 1.807) is 6.20 Å². The van der Waals surface area contributed by atoms with Gasteiger partial charge in [0.1, 0.15) is 0 Å². The van der Waals surface area contributed by atoms with Crippen LogP contribution in [-0.2, 0) is 4.79 Å². The predicted octanol–water partition coefficient (Wildman–Crippen LogP) is 1.79. The van der Waals surface area contributed by atoms with Crippen LogP contribution in [0.4, 0.5) is 0 Å². The van der Waals surface area contributed by atoms with E-state index in [4.69, 9.17) is 5.73 Å². The summed E-state index contributed by atoms with van der Waals surface area (Å²) in [5.41, 5.74) is 6.74. The molecule has 1 heterocycles. The van der Waals surface area contributed by atoms with Crippen LogP contribution in [0.3, 0.4) is 0 Å². The van der Waals surface area contributed by atoms with Crippen molar-refractivity contribution < 1.29 is 9.59 Å². The van der Waals surface area contributed by atoms with Gasteiger partial charge in [-0.15, -0.1) is 0 Å². The highest BCUT2D eigenvalue weighted by Crippen LogP contribution is 2.33. The summed E-state index contributed by atoms with van der Waals surface area (Å²) in [5, 5.41) is 7.04. The van der Waals surface area contributed by atoms with E-state index in [-0.39, 0.29) is 18.5 Å². The van der Waals surface area contributed by atoms with Crippen LogP contribution >= 0.6 is 0 Å². The van der Waals surface area contributed by atoms with Crippen molar-refractivity contribution in [2.24, 2.45) is 5.73 Å². The molecule has 1 fully saturated rings. The lowest BCUT2D eigenvalue weighted by atomic mass is 9.85. The lowest BCUT2D eigenvalue weighted by Crippen LogP contribution is -2.43. The van der Waals surface area contributed by atoms with Crippen LogP contribution in [0.15, 0.2) is 6.20 Å². The summed E-state index contributed by atoms with van der Waals surface area (Å²) in [6.07, 6.45) is 7.37. The minimum absolute atomic E-state index is 0.0637. The Labute approximate surface area is 125 Å². The number of nitrogens with one attached hydrogen (secondary N) is 1. The third-order valence-electron chi connectivity index (χ3n) is 4.12. The van der Waals surface area contributed by atoms with Gasteiger partial charge < -0.3 is 10.6 Å². The first kappa shape index (κ1) is 15.5. The van der Waals surface area contributed by atoms with E-state index in [0.717, 1.165) is 18.5 Å². The van der Waals surface area contributed by atoms with Crippen LogP contribution in [0.1, 0.15) is 67.9 Å². The van der Waals surface area contributed by atoms with E-state index >= 15 is 0 Å². The molecule has 0 spiro atoms. The molecule has 1 aliphatic carbocycles. The smallest absolute Gasteiger partial charge is 0.258 e. The van der Waals surface area contributed by atoms with Gasteiger partial charge in [-0.1, -0.05) is 19.3 Å². The number of carbonyl (C=O) groups excluding carboxylic acids is 2. The third kappa shape index (κ3) is 3.62. The number of rotatable bonds is 5. The highest BCUT2D eigenvalue weighted by molar-refractivity contribution is 5.97. The lowest BCUT2D eigenvalue weighted by Gasteiger charge is -2.27. The first-order chi connectivity index (χ1) is 10.0. The van der Waals surface area contributed by atoms with Gasteiger partial charge in [-0.2, -0.15) is 5.10 Å². The summed E-state index contributed by atoms with van der Waals surface area (Å²) >= 11 is 0. The maximum Gasteiger partial charge on any atom is 0.258 e. The molecule has 1 aliphatic rings. The summed E-state index contributed by atoms with van der Waals surface area (Å²) in [6, 6.07) is -0.0842. The Kier molecular flexibility index (Phi) is 4.98. The van der Waals surface area contributed by atoms with Crippen LogP contribution in [-0.4, -0.2) is 39.5 Å². The first-order valence-corrected chi connectivity index (χ1v) is 7.63. The van der Waals surface area contributed by atoms with Crippen LogP contribution < -0.4 is 5.73 Å². The van der Waals surface area contributed by atoms with Gasteiger partial charge in [0, 0.05) is 12.0 Å². The van der Waals surface area contributed by atoms with Gasteiger partial charge >= 0.3 is 0 Å². The van der Waals surface area contributed by atoms with Crippen molar-refractivity contribution in [3.63, 3.8) is 0 Å². The van der Waals surface area contributed by atoms with Crippen LogP contribution in [0, 0.1) is 0 Å². The second-order valence-corrected chi connectivity index (χ2v) is 6.03. The van der Waals surface area contributed by atoms with E-state index in [1.807, 2.05) is 13.8 Å². The molecule has 1 aromatic heterocycles. The fraction of sp³-hybridized carbons (Fsp3) is 0.667. The summed E-state index contributed by atoms with van der Waals surface area (Å²) in [7, 11) is 0. The number of amides is 2. The Hall–Kier alpha value is -1.85. The molecular formula is C15H24N4O2. The molecule has 3 N–H and O–H groups in total. The number of hydrogen-bond donors (Lipinski definition) is 2. The second kappa shape index (κ2) is 6.74. The van der Waals surface area contributed by atoms with Gasteiger partial charge in [-0.05, 0) is 26.7 Å². The Balaban J connectivity index is 2.21. The van der Waals surface area contributed by atoms with Gasteiger partial charge in [0.05, 0.1) is 24.0 Å². The Bertz CT molecular complexity index is 504. The Morgan fingerprint density at radius 1 is 1.38 bits per heavy atom. The van der Waals surface area contributed by atoms with E-state index < -0.39 is 5.91 Å². The number of H-pyrrole nitrogens is 1. The average Bonchev–Trinajstić information content (AvgIpc) is 2.94. The van der Waals surface area contributed by atoms with Gasteiger partial charge in [0.25, 0.3) is 5.91 Å². The Morgan fingerprint density at radius 3 is 2.62 bits per heavy atom. The maximum atomic E-state index is 12.7. The molecule has 0 radical (unpaired) electrons. The number of primary amides is 1. The number of nitrogens with zero attached hydrogens (tertiary/aromatic N) is 2. The number of aromatic amines is 1. The van der Waals surface area contributed by atoms with Crippen LogP contribution in [0.2, 0.25) is 0 Å². The molecular weight excluding hydrogens is 268 g/mol. The largest absolute Gasteiger partial charge is 0.368 e. The van der Waals surface area contributed by atoms with E-state index in [9.17, 15) is 9.59 Å². The molecule has 0 bridgehead atoms. The summed E-state index contributed by atoms with van der Waals surface area (Å²) in [6.45, 7) is 3.69. The van der Waals surface area contributed by atoms with Crippen LogP contribution in [0.5, 0.6) is 0 Å². The topological polar surface area (TPSA) is 92.1 Å². The molecule has 2 rings (SSSR count). The molecule has 0 unspecified atom stereocenters. The molecule has 1 aromatic rings. The fourth-order valence-corrected chi connectivity index (χ4v) is 2.98. The highest BCUT2D eigenvalue weighted by Gasteiger charge is 2.28. The zero-order valence-corrected chi connectivity index (χ0v) is 12.8. The molecule has 0 atom stereocenters. The first-order valence-electron chi connectivity index (χ1n) is 7.63. The minimum atomic E-state index is -0.500. The number of nitrogens with two attached hydrogens (primary N) is 1. The fourth-order valence-electron chi connectivity index (χ4n) is 2.98. The number of aromatic nitrogens is 2. The zero-order valence-electron chi connectivity index (χ0n) is 12.8. The van der Waals surface area contributed by atoms with E-state index in [0.29, 0.717) is 11.5 Å². The zero-order chi connectivity index (χ0) is 15.4. The van der Waals surface area contributed by atoms with Gasteiger partial charge in [0.15, 0.2) is 0 Å². The van der Waals surface area contributed by atoms with Crippen molar-refractivity contribution in [2.45, 2.75) is 57.9 Å². The molecule has 21 heavy (non-hydrogen) atoms. The summed E-state index contributed by atoms with van der Waals surface area (Å²) < 4.78 is 0. The van der Waals surface area contributed by atoms with Crippen molar-refractivity contribution in [2.75, 3.05) is 6.54 Å². The third-order valence-corrected chi connectivity index (χ3v) is 4.12. The van der Waals surface area contributed by atoms with E-state index in [2.05, 4.69) is 10.2 Å². The number of hydrogen-bond acceptors (Lipinski definition) is 3. The molecule has 6 heteroatoms. The van der Waals surface area contributed by atoms with Crippen molar-refractivity contribution in [1.29, 1.82) is 0 Å².